The molecule has 0 saturated heterocycles. The van der Waals surface area contributed by atoms with Gasteiger partial charge in [-0.2, -0.15) is 8.78 Å². The van der Waals surface area contributed by atoms with Crippen molar-refractivity contribution in [2.24, 2.45) is 23.2 Å². The van der Waals surface area contributed by atoms with Crippen molar-refractivity contribution in [2.75, 3.05) is 0 Å². The lowest BCUT2D eigenvalue weighted by molar-refractivity contribution is 0.0846. The van der Waals surface area contributed by atoms with Gasteiger partial charge in [-0.25, -0.2) is 0 Å². The Hall–Kier alpha value is -0.660. The molecule has 0 amide bonds. The van der Waals surface area contributed by atoms with Crippen molar-refractivity contribution in [3.8, 4) is 0 Å². The van der Waals surface area contributed by atoms with Crippen LogP contribution in [0.2, 0.25) is 0 Å². The van der Waals surface area contributed by atoms with Crippen molar-refractivity contribution in [1.82, 2.24) is 0 Å². The molecule has 0 bridgehead atoms. The molecule has 1 fully saturated rings. The zero-order valence-electron chi connectivity index (χ0n) is 11.9. The van der Waals surface area contributed by atoms with Crippen molar-refractivity contribution in [3.05, 3.63) is 23.3 Å². The Balaban J connectivity index is 2.33. The Morgan fingerprint density at radius 3 is 2.56 bits per heavy atom. The van der Waals surface area contributed by atoms with E-state index < -0.39 is 6.08 Å². The second-order valence-electron chi connectivity index (χ2n) is 6.61. The van der Waals surface area contributed by atoms with Gasteiger partial charge in [0.2, 0.25) is 0 Å². The van der Waals surface area contributed by atoms with Crippen LogP contribution in [0.15, 0.2) is 23.3 Å². The van der Waals surface area contributed by atoms with Gasteiger partial charge in [-0.05, 0) is 48.9 Å². The van der Waals surface area contributed by atoms with Crippen LogP contribution < -0.4 is 0 Å². The predicted molar refractivity (Wildman–Crippen MR) is 71.4 cm³/mol. The van der Waals surface area contributed by atoms with E-state index >= 15 is 0 Å². The van der Waals surface area contributed by atoms with Crippen molar-refractivity contribution in [2.45, 2.75) is 53.4 Å². The topological polar surface area (TPSA) is 0 Å². The third-order valence-electron chi connectivity index (χ3n) is 5.49. The van der Waals surface area contributed by atoms with Gasteiger partial charge in [0.15, 0.2) is 0 Å². The summed E-state index contributed by atoms with van der Waals surface area (Å²) in [5.74, 6) is 2.02. The van der Waals surface area contributed by atoms with Gasteiger partial charge in [-0.3, -0.25) is 0 Å². The molecule has 18 heavy (non-hydrogen) atoms. The summed E-state index contributed by atoms with van der Waals surface area (Å²) < 4.78 is 25.5. The fourth-order valence-corrected chi connectivity index (χ4v) is 3.98. The quantitative estimate of drug-likeness (QED) is 0.574. The lowest BCUT2D eigenvalue weighted by atomic mass is 9.55. The molecule has 0 radical (unpaired) electrons. The van der Waals surface area contributed by atoms with Crippen LogP contribution in [0.4, 0.5) is 8.78 Å². The predicted octanol–water partition coefficient (Wildman–Crippen LogP) is 5.57. The lowest BCUT2D eigenvalue weighted by Crippen LogP contribution is -2.40. The lowest BCUT2D eigenvalue weighted by Gasteiger charge is -2.50. The molecule has 0 N–H and O–H groups in total. The summed E-state index contributed by atoms with van der Waals surface area (Å²) in [6, 6.07) is 0. The minimum atomic E-state index is -1.48. The fourth-order valence-electron chi connectivity index (χ4n) is 3.98. The summed E-state index contributed by atoms with van der Waals surface area (Å²) in [5, 5.41) is 0. The van der Waals surface area contributed by atoms with Crippen LogP contribution >= 0.6 is 0 Å². The van der Waals surface area contributed by atoms with Crippen molar-refractivity contribution in [3.63, 3.8) is 0 Å². The first-order valence-electron chi connectivity index (χ1n) is 7.11. The highest BCUT2D eigenvalue weighted by molar-refractivity contribution is 5.34. The third kappa shape index (κ3) is 2.15. The van der Waals surface area contributed by atoms with Gasteiger partial charge in [0, 0.05) is 5.57 Å². The maximum Gasteiger partial charge on any atom is 0.273 e. The molecule has 0 heterocycles. The van der Waals surface area contributed by atoms with E-state index in [0.717, 1.165) is 25.2 Å². The molecule has 0 aromatic rings. The molecule has 2 aliphatic rings. The molecule has 0 spiro atoms. The van der Waals surface area contributed by atoms with Crippen LogP contribution in [0, 0.1) is 23.2 Å². The molecule has 2 unspecified atom stereocenters. The molecule has 0 aromatic carbocycles. The van der Waals surface area contributed by atoms with Crippen LogP contribution in [-0.2, 0) is 0 Å². The van der Waals surface area contributed by atoms with Crippen LogP contribution in [0.5, 0.6) is 0 Å². The van der Waals surface area contributed by atoms with Crippen molar-refractivity contribution in [1.29, 1.82) is 0 Å². The van der Waals surface area contributed by atoms with Gasteiger partial charge in [0.05, 0.1) is 0 Å². The van der Waals surface area contributed by atoms with E-state index in [4.69, 9.17) is 0 Å². The summed E-state index contributed by atoms with van der Waals surface area (Å²) in [6.45, 7) is 9.17. The number of hydrogen-bond acceptors (Lipinski definition) is 0. The molecule has 1 saturated carbocycles. The van der Waals surface area contributed by atoms with E-state index in [1.165, 1.54) is 5.57 Å². The highest BCUT2D eigenvalue weighted by atomic mass is 19.3. The first-order chi connectivity index (χ1) is 8.36. The number of halogens is 2. The van der Waals surface area contributed by atoms with Gasteiger partial charge in [-0.15, -0.1) is 0 Å². The first-order valence-corrected chi connectivity index (χ1v) is 7.11. The SMILES string of the molecule is CC(C)C1CCC2=CC(=C(F)F)CC[C@]2(C)C1C. The standard InChI is InChI=1S/C16H24F2/c1-10(2)14-6-5-13-9-12(15(17)18)7-8-16(13,4)11(14)3/h9-11,14H,5-8H2,1-4H3/t11?,14?,16-/m1/s1. The summed E-state index contributed by atoms with van der Waals surface area (Å²) >= 11 is 0. The Labute approximate surface area is 109 Å². The number of fused-ring (bicyclic) bond motifs is 1. The zero-order valence-corrected chi connectivity index (χ0v) is 11.9. The average molecular weight is 254 g/mol. The monoisotopic (exact) mass is 254 g/mol. The highest BCUT2D eigenvalue weighted by Crippen LogP contribution is 2.55. The number of rotatable bonds is 1. The molecule has 2 rings (SSSR count). The molecular weight excluding hydrogens is 230 g/mol. The minimum Gasteiger partial charge on any atom is -0.173 e. The van der Waals surface area contributed by atoms with E-state index in [2.05, 4.69) is 27.7 Å². The summed E-state index contributed by atoms with van der Waals surface area (Å²) in [7, 11) is 0. The number of hydrogen-bond donors (Lipinski definition) is 0. The summed E-state index contributed by atoms with van der Waals surface area (Å²) in [6.07, 6.45) is 3.89. The molecule has 0 aliphatic heterocycles. The van der Waals surface area contributed by atoms with Gasteiger partial charge >= 0.3 is 0 Å². The van der Waals surface area contributed by atoms with Gasteiger partial charge in [0.25, 0.3) is 6.08 Å². The second kappa shape index (κ2) is 4.79. The third-order valence-corrected chi connectivity index (χ3v) is 5.49. The van der Waals surface area contributed by atoms with Crippen molar-refractivity contribution >= 4 is 0 Å². The van der Waals surface area contributed by atoms with Gasteiger partial charge < -0.3 is 0 Å². The molecule has 2 aliphatic carbocycles. The normalized spacial score (nSPS) is 36.4. The van der Waals surface area contributed by atoms with E-state index in [-0.39, 0.29) is 11.0 Å². The van der Waals surface area contributed by atoms with E-state index in [9.17, 15) is 8.78 Å². The van der Waals surface area contributed by atoms with E-state index in [0.29, 0.717) is 18.3 Å². The first kappa shape index (κ1) is 13.8. The Kier molecular flexibility index (Phi) is 3.66. The van der Waals surface area contributed by atoms with Crippen LogP contribution in [0.25, 0.3) is 0 Å². The smallest absolute Gasteiger partial charge is 0.173 e. The fraction of sp³-hybridized carbons (Fsp3) is 0.750. The molecule has 0 nitrogen and oxygen atoms in total. The Morgan fingerprint density at radius 1 is 1.33 bits per heavy atom. The second-order valence-corrected chi connectivity index (χ2v) is 6.61. The Bertz CT molecular complexity index is 388. The molecule has 0 aromatic heterocycles. The maximum absolute atomic E-state index is 12.7. The Morgan fingerprint density at radius 2 is 2.00 bits per heavy atom. The molecule has 2 heteroatoms. The van der Waals surface area contributed by atoms with E-state index in [1.807, 2.05) is 0 Å². The molecular formula is C16H24F2. The zero-order chi connectivity index (χ0) is 13.5. The average Bonchev–Trinajstić information content (AvgIpc) is 2.29. The van der Waals surface area contributed by atoms with Crippen LogP contribution in [0.3, 0.4) is 0 Å². The van der Waals surface area contributed by atoms with E-state index in [1.54, 1.807) is 6.08 Å². The minimum absolute atomic E-state index is 0.145. The van der Waals surface area contributed by atoms with Crippen LogP contribution in [-0.4, -0.2) is 0 Å². The largest absolute Gasteiger partial charge is 0.273 e. The summed E-state index contributed by atoms with van der Waals surface area (Å²) in [5.41, 5.74) is 1.69. The van der Waals surface area contributed by atoms with Crippen molar-refractivity contribution < 1.29 is 8.78 Å². The molecule has 3 atom stereocenters. The van der Waals surface area contributed by atoms with Gasteiger partial charge in [0.1, 0.15) is 0 Å². The molecule has 102 valence electrons. The summed E-state index contributed by atoms with van der Waals surface area (Å²) in [4.78, 5) is 0. The highest BCUT2D eigenvalue weighted by Gasteiger charge is 2.44. The maximum atomic E-state index is 12.7. The van der Waals surface area contributed by atoms with Crippen LogP contribution in [0.1, 0.15) is 53.4 Å². The van der Waals surface area contributed by atoms with Gasteiger partial charge in [-0.1, -0.05) is 39.3 Å². The number of allylic oxidation sites excluding steroid dienone is 3.